The fourth-order valence-corrected chi connectivity index (χ4v) is 2.29. The van der Waals surface area contributed by atoms with Crippen LogP contribution in [0.1, 0.15) is 30.1 Å². The topological polar surface area (TPSA) is 29.1 Å². The zero-order chi connectivity index (χ0) is 13.5. The van der Waals surface area contributed by atoms with Crippen molar-refractivity contribution in [3.63, 3.8) is 0 Å². The first-order valence-corrected chi connectivity index (χ1v) is 7.21. The van der Waals surface area contributed by atoms with E-state index in [9.17, 15) is 9.18 Å². The number of benzene rings is 1. The number of hydrogen-bond acceptors (Lipinski definition) is 1. The predicted octanol–water partition coefficient (Wildman–Crippen LogP) is 3.97. The third-order valence-electron chi connectivity index (χ3n) is 2.84. The molecule has 5 heteroatoms. The number of rotatable bonds is 6. The van der Waals surface area contributed by atoms with Gasteiger partial charge in [0.1, 0.15) is 5.82 Å². The summed E-state index contributed by atoms with van der Waals surface area (Å²) < 4.78 is 14.0. The SMILES string of the molecule is CCC(CCCl)CNC(=O)c1cccc(Br)c1F. The van der Waals surface area contributed by atoms with Crippen LogP contribution in [-0.2, 0) is 0 Å². The van der Waals surface area contributed by atoms with Gasteiger partial charge in [-0.05, 0) is 40.4 Å². The van der Waals surface area contributed by atoms with Crippen LogP contribution < -0.4 is 5.32 Å². The lowest BCUT2D eigenvalue weighted by molar-refractivity contribution is 0.0942. The number of carbonyl (C=O) groups excluding carboxylic acids is 1. The molecule has 2 nitrogen and oxygen atoms in total. The van der Waals surface area contributed by atoms with E-state index in [2.05, 4.69) is 21.2 Å². The molecule has 0 heterocycles. The molecule has 0 aromatic heterocycles. The molecule has 1 aromatic carbocycles. The molecule has 1 N–H and O–H groups in total. The molecule has 0 aliphatic heterocycles. The Labute approximate surface area is 120 Å². The van der Waals surface area contributed by atoms with Crippen molar-refractivity contribution >= 4 is 33.4 Å². The molecule has 0 radical (unpaired) electrons. The van der Waals surface area contributed by atoms with Crippen LogP contribution in [0.2, 0.25) is 0 Å². The minimum atomic E-state index is -0.527. The molecule has 1 atom stereocenters. The van der Waals surface area contributed by atoms with Crippen molar-refractivity contribution in [1.29, 1.82) is 0 Å². The first-order chi connectivity index (χ1) is 8.60. The summed E-state index contributed by atoms with van der Waals surface area (Å²) in [6, 6.07) is 4.67. The molecule has 1 amide bonds. The summed E-state index contributed by atoms with van der Waals surface area (Å²) in [4.78, 5) is 11.8. The Bertz CT molecular complexity index is 414. The second-order valence-corrected chi connectivity index (χ2v) is 5.30. The Morgan fingerprint density at radius 2 is 2.28 bits per heavy atom. The van der Waals surface area contributed by atoms with Gasteiger partial charge in [-0.3, -0.25) is 4.79 Å². The van der Waals surface area contributed by atoms with Gasteiger partial charge in [0, 0.05) is 12.4 Å². The van der Waals surface area contributed by atoms with E-state index in [1.165, 1.54) is 6.07 Å². The standard InChI is InChI=1S/C13H16BrClFNO/c1-2-9(6-7-15)8-17-13(18)10-4-3-5-11(14)12(10)16/h3-5,9H,2,6-8H2,1H3,(H,17,18). The third kappa shape index (κ3) is 4.25. The van der Waals surface area contributed by atoms with Crippen LogP contribution in [0.4, 0.5) is 4.39 Å². The first kappa shape index (κ1) is 15.4. The van der Waals surface area contributed by atoms with Gasteiger partial charge in [0.15, 0.2) is 0 Å². The Morgan fingerprint density at radius 1 is 1.56 bits per heavy atom. The first-order valence-electron chi connectivity index (χ1n) is 5.88. The molecule has 0 fully saturated rings. The van der Waals surface area contributed by atoms with E-state index < -0.39 is 5.82 Å². The Balaban J connectivity index is 2.62. The largest absolute Gasteiger partial charge is 0.352 e. The molecule has 0 saturated carbocycles. The molecular weight excluding hydrogens is 321 g/mol. The highest BCUT2D eigenvalue weighted by Crippen LogP contribution is 2.18. The molecule has 0 aliphatic rings. The summed E-state index contributed by atoms with van der Waals surface area (Å²) in [5.41, 5.74) is 0.0603. The number of carbonyl (C=O) groups is 1. The molecule has 1 unspecified atom stereocenters. The van der Waals surface area contributed by atoms with Gasteiger partial charge in [-0.2, -0.15) is 0 Å². The Kier molecular flexibility index (Phi) is 6.65. The highest BCUT2D eigenvalue weighted by atomic mass is 79.9. The van der Waals surface area contributed by atoms with E-state index in [4.69, 9.17) is 11.6 Å². The average Bonchev–Trinajstić information content (AvgIpc) is 2.37. The smallest absolute Gasteiger partial charge is 0.254 e. The van der Waals surface area contributed by atoms with Crippen LogP contribution in [0.3, 0.4) is 0 Å². The van der Waals surface area contributed by atoms with Gasteiger partial charge < -0.3 is 5.32 Å². The zero-order valence-electron chi connectivity index (χ0n) is 10.2. The van der Waals surface area contributed by atoms with Crippen LogP contribution in [0.15, 0.2) is 22.7 Å². The number of alkyl halides is 1. The third-order valence-corrected chi connectivity index (χ3v) is 3.67. The summed E-state index contributed by atoms with van der Waals surface area (Å²) in [6.07, 6.45) is 1.78. The normalized spacial score (nSPS) is 12.2. The number of hydrogen-bond donors (Lipinski definition) is 1. The minimum absolute atomic E-state index is 0.0603. The van der Waals surface area contributed by atoms with Gasteiger partial charge in [0.25, 0.3) is 5.91 Å². The lowest BCUT2D eigenvalue weighted by Crippen LogP contribution is -2.30. The lowest BCUT2D eigenvalue weighted by Gasteiger charge is -2.14. The van der Waals surface area contributed by atoms with E-state index in [-0.39, 0.29) is 11.5 Å². The maximum absolute atomic E-state index is 13.7. The predicted molar refractivity (Wildman–Crippen MR) is 75.6 cm³/mol. The molecule has 0 saturated heterocycles. The fourth-order valence-electron chi connectivity index (χ4n) is 1.62. The van der Waals surface area contributed by atoms with Crippen molar-refractivity contribution in [3.05, 3.63) is 34.1 Å². The van der Waals surface area contributed by atoms with Crippen molar-refractivity contribution in [2.45, 2.75) is 19.8 Å². The van der Waals surface area contributed by atoms with E-state index in [1.807, 2.05) is 6.92 Å². The molecule has 0 bridgehead atoms. The molecular formula is C13H16BrClFNO. The average molecular weight is 337 g/mol. The van der Waals surface area contributed by atoms with Crippen LogP contribution in [0.5, 0.6) is 0 Å². The summed E-state index contributed by atoms with van der Waals surface area (Å²) in [6.45, 7) is 2.57. The second-order valence-electron chi connectivity index (χ2n) is 4.06. The Morgan fingerprint density at radius 3 is 2.89 bits per heavy atom. The zero-order valence-corrected chi connectivity index (χ0v) is 12.5. The van der Waals surface area contributed by atoms with Crippen LogP contribution in [-0.4, -0.2) is 18.3 Å². The highest BCUT2D eigenvalue weighted by Gasteiger charge is 2.15. The minimum Gasteiger partial charge on any atom is -0.352 e. The van der Waals surface area contributed by atoms with Crippen molar-refractivity contribution in [2.75, 3.05) is 12.4 Å². The van der Waals surface area contributed by atoms with Crippen LogP contribution >= 0.6 is 27.5 Å². The maximum atomic E-state index is 13.7. The van der Waals surface area contributed by atoms with E-state index in [0.29, 0.717) is 22.8 Å². The van der Waals surface area contributed by atoms with Crippen molar-refractivity contribution in [2.24, 2.45) is 5.92 Å². The van der Waals surface area contributed by atoms with E-state index in [0.717, 1.165) is 12.8 Å². The summed E-state index contributed by atoms with van der Waals surface area (Å²) >= 11 is 8.73. The summed E-state index contributed by atoms with van der Waals surface area (Å²) in [5.74, 6) is -0.0107. The van der Waals surface area contributed by atoms with Crippen LogP contribution in [0.25, 0.3) is 0 Å². The lowest BCUT2D eigenvalue weighted by atomic mass is 10.0. The van der Waals surface area contributed by atoms with Gasteiger partial charge in [-0.25, -0.2) is 4.39 Å². The number of amides is 1. The monoisotopic (exact) mass is 335 g/mol. The molecule has 100 valence electrons. The molecule has 0 spiro atoms. The van der Waals surface area contributed by atoms with Gasteiger partial charge in [0.2, 0.25) is 0 Å². The van der Waals surface area contributed by atoms with Crippen LogP contribution in [0, 0.1) is 11.7 Å². The maximum Gasteiger partial charge on any atom is 0.254 e. The quantitative estimate of drug-likeness (QED) is 0.782. The van der Waals surface area contributed by atoms with Crippen molar-refractivity contribution in [1.82, 2.24) is 5.32 Å². The van der Waals surface area contributed by atoms with Gasteiger partial charge >= 0.3 is 0 Å². The van der Waals surface area contributed by atoms with E-state index >= 15 is 0 Å². The van der Waals surface area contributed by atoms with Gasteiger partial charge in [-0.1, -0.05) is 19.4 Å². The second kappa shape index (κ2) is 7.74. The van der Waals surface area contributed by atoms with Gasteiger partial charge in [-0.15, -0.1) is 11.6 Å². The summed E-state index contributed by atoms with van der Waals surface area (Å²) in [5, 5.41) is 2.74. The Hall–Kier alpha value is -0.610. The highest BCUT2D eigenvalue weighted by molar-refractivity contribution is 9.10. The number of nitrogens with one attached hydrogen (secondary N) is 1. The molecule has 1 aromatic rings. The fraction of sp³-hybridized carbons (Fsp3) is 0.462. The molecule has 0 aliphatic carbocycles. The molecule has 18 heavy (non-hydrogen) atoms. The van der Waals surface area contributed by atoms with Crippen molar-refractivity contribution in [3.8, 4) is 0 Å². The molecule has 1 rings (SSSR count). The van der Waals surface area contributed by atoms with Crippen molar-refractivity contribution < 1.29 is 9.18 Å². The van der Waals surface area contributed by atoms with Gasteiger partial charge in [0.05, 0.1) is 10.0 Å². The van der Waals surface area contributed by atoms with E-state index in [1.54, 1.807) is 12.1 Å². The summed E-state index contributed by atoms with van der Waals surface area (Å²) in [7, 11) is 0. The number of halogens is 3.